The lowest BCUT2D eigenvalue weighted by atomic mass is 10.1. The van der Waals surface area contributed by atoms with Gasteiger partial charge < -0.3 is 24.8 Å². The van der Waals surface area contributed by atoms with Crippen molar-refractivity contribution in [3.63, 3.8) is 0 Å². The van der Waals surface area contributed by atoms with Gasteiger partial charge in [-0.2, -0.15) is 0 Å². The quantitative estimate of drug-likeness (QED) is 0.870. The molecule has 1 heterocycles. The molecule has 0 bridgehead atoms. The third-order valence-corrected chi connectivity index (χ3v) is 3.72. The molecule has 0 saturated heterocycles. The SMILES string of the molecule is COc1ccc(CC(=O)Nc2cccc3c2OCC(=O)N3)cc1OC. The minimum absolute atomic E-state index is 0.0738. The van der Waals surface area contributed by atoms with Crippen molar-refractivity contribution in [1.29, 1.82) is 0 Å². The molecule has 7 nitrogen and oxygen atoms in total. The average molecular weight is 342 g/mol. The number of rotatable bonds is 5. The molecule has 0 radical (unpaired) electrons. The molecule has 25 heavy (non-hydrogen) atoms. The summed E-state index contributed by atoms with van der Waals surface area (Å²) in [6.07, 6.45) is 0.163. The monoisotopic (exact) mass is 342 g/mol. The molecule has 2 aromatic carbocycles. The zero-order valence-corrected chi connectivity index (χ0v) is 13.9. The molecule has 1 aliphatic heterocycles. The largest absolute Gasteiger partial charge is 0.493 e. The zero-order valence-electron chi connectivity index (χ0n) is 13.9. The molecule has 0 atom stereocenters. The van der Waals surface area contributed by atoms with Crippen molar-refractivity contribution in [1.82, 2.24) is 0 Å². The van der Waals surface area contributed by atoms with Crippen molar-refractivity contribution >= 4 is 23.2 Å². The Morgan fingerprint density at radius 1 is 1.20 bits per heavy atom. The first-order chi connectivity index (χ1) is 12.1. The second kappa shape index (κ2) is 7.12. The molecular formula is C18H18N2O5. The molecule has 0 aliphatic carbocycles. The summed E-state index contributed by atoms with van der Waals surface area (Å²) in [7, 11) is 3.10. The van der Waals surface area contributed by atoms with E-state index in [9.17, 15) is 9.59 Å². The van der Waals surface area contributed by atoms with Gasteiger partial charge in [-0.05, 0) is 29.8 Å². The summed E-state index contributed by atoms with van der Waals surface area (Å²) in [5.74, 6) is 1.20. The smallest absolute Gasteiger partial charge is 0.262 e. The Morgan fingerprint density at radius 2 is 2.00 bits per heavy atom. The van der Waals surface area contributed by atoms with Gasteiger partial charge in [-0.3, -0.25) is 9.59 Å². The van der Waals surface area contributed by atoms with Gasteiger partial charge in [-0.15, -0.1) is 0 Å². The Labute approximate surface area is 144 Å². The Kier molecular flexibility index (Phi) is 4.74. The van der Waals surface area contributed by atoms with Gasteiger partial charge in [0.2, 0.25) is 5.91 Å². The fourth-order valence-corrected chi connectivity index (χ4v) is 2.58. The fraction of sp³-hybridized carbons (Fsp3) is 0.222. The predicted octanol–water partition coefficient (Wildman–Crippen LogP) is 2.22. The molecule has 3 rings (SSSR count). The molecule has 2 amide bonds. The highest BCUT2D eigenvalue weighted by molar-refractivity contribution is 6.00. The van der Waals surface area contributed by atoms with Gasteiger partial charge in [0.1, 0.15) is 0 Å². The number of methoxy groups -OCH3 is 2. The fourth-order valence-electron chi connectivity index (χ4n) is 2.58. The van der Waals surface area contributed by atoms with Gasteiger partial charge in [0.05, 0.1) is 32.0 Å². The molecule has 0 fully saturated rings. The minimum atomic E-state index is -0.221. The van der Waals surface area contributed by atoms with E-state index < -0.39 is 0 Å². The summed E-state index contributed by atoms with van der Waals surface area (Å²) in [6.45, 7) is -0.0738. The van der Waals surface area contributed by atoms with Crippen LogP contribution in [0.3, 0.4) is 0 Å². The third-order valence-electron chi connectivity index (χ3n) is 3.72. The van der Waals surface area contributed by atoms with Crippen LogP contribution in [-0.2, 0) is 16.0 Å². The Bertz CT molecular complexity index is 819. The lowest BCUT2D eigenvalue weighted by Gasteiger charge is -2.20. The highest BCUT2D eigenvalue weighted by Crippen LogP contribution is 2.35. The number of carbonyl (C=O) groups is 2. The van der Waals surface area contributed by atoms with Crippen molar-refractivity contribution in [3.8, 4) is 17.2 Å². The number of carbonyl (C=O) groups excluding carboxylic acids is 2. The third kappa shape index (κ3) is 3.65. The maximum atomic E-state index is 12.4. The second-order valence-corrected chi connectivity index (χ2v) is 5.43. The number of fused-ring (bicyclic) bond motifs is 1. The highest BCUT2D eigenvalue weighted by atomic mass is 16.5. The van der Waals surface area contributed by atoms with Gasteiger partial charge >= 0.3 is 0 Å². The first kappa shape index (κ1) is 16.6. The van der Waals surface area contributed by atoms with Crippen LogP contribution in [0.15, 0.2) is 36.4 Å². The van der Waals surface area contributed by atoms with Crippen LogP contribution in [0.1, 0.15) is 5.56 Å². The van der Waals surface area contributed by atoms with Gasteiger partial charge in [-0.25, -0.2) is 0 Å². The van der Waals surface area contributed by atoms with E-state index in [1.54, 1.807) is 50.6 Å². The normalized spacial score (nSPS) is 12.5. The Morgan fingerprint density at radius 3 is 2.76 bits per heavy atom. The summed E-state index contributed by atoms with van der Waals surface area (Å²) in [4.78, 5) is 23.7. The molecule has 7 heteroatoms. The van der Waals surface area contributed by atoms with Crippen LogP contribution >= 0.6 is 0 Å². The van der Waals surface area contributed by atoms with E-state index in [1.807, 2.05) is 0 Å². The van der Waals surface area contributed by atoms with Crippen LogP contribution < -0.4 is 24.8 Å². The lowest BCUT2D eigenvalue weighted by molar-refractivity contribution is -0.118. The number of hydrogen-bond acceptors (Lipinski definition) is 5. The molecule has 0 aromatic heterocycles. The van der Waals surface area contributed by atoms with E-state index in [0.717, 1.165) is 5.56 Å². The van der Waals surface area contributed by atoms with Crippen LogP contribution in [0.5, 0.6) is 17.2 Å². The van der Waals surface area contributed by atoms with Crippen molar-refractivity contribution in [2.24, 2.45) is 0 Å². The Hall–Kier alpha value is -3.22. The summed E-state index contributed by atoms with van der Waals surface area (Å²) < 4.78 is 15.9. The molecule has 0 unspecified atom stereocenters. The number of para-hydroxylation sites is 1. The topological polar surface area (TPSA) is 85.9 Å². The molecule has 130 valence electrons. The van der Waals surface area contributed by atoms with Gasteiger partial charge in [-0.1, -0.05) is 12.1 Å². The number of ether oxygens (including phenoxy) is 3. The summed E-state index contributed by atoms with van der Waals surface area (Å²) >= 11 is 0. The van der Waals surface area contributed by atoms with Crippen molar-refractivity contribution in [3.05, 3.63) is 42.0 Å². The number of hydrogen-bond donors (Lipinski definition) is 2. The van der Waals surface area contributed by atoms with E-state index in [-0.39, 0.29) is 24.8 Å². The van der Waals surface area contributed by atoms with Crippen LogP contribution in [0.4, 0.5) is 11.4 Å². The van der Waals surface area contributed by atoms with Crippen molar-refractivity contribution in [2.75, 3.05) is 31.5 Å². The average Bonchev–Trinajstić information content (AvgIpc) is 2.61. The molecular weight excluding hydrogens is 324 g/mol. The number of nitrogens with one attached hydrogen (secondary N) is 2. The summed E-state index contributed by atoms with van der Waals surface area (Å²) in [5.41, 5.74) is 1.84. The van der Waals surface area contributed by atoms with Gasteiger partial charge in [0.15, 0.2) is 23.9 Å². The number of anilines is 2. The second-order valence-electron chi connectivity index (χ2n) is 5.43. The maximum absolute atomic E-state index is 12.4. The molecule has 2 aromatic rings. The standard InChI is InChI=1S/C18H18N2O5/c1-23-14-7-6-11(8-15(14)24-2)9-16(21)19-12-4-3-5-13-18(12)25-10-17(22)20-13/h3-8H,9-10H2,1-2H3,(H,19,21)(H,20,22). The van der Waals surface area contributed by atoms with Crippen LogP contribution in [0, 0.1) is 0 Å². The number of benzene rings is 2. The van der Waals surface area contributed by atoms with E-state index >= 15 is 0 Å². The van der Waals surface area contributed by atoms with Crippen molar-refractivity contribution < 1.29 is 23.8 Å². The van der Waals surface area contributed by atoms with Gasteiger partial charge in [0, 0.05) is 0 Å². The van der Waals surface area contributed by atoms with E-state index in [1.165, 1.54) is 0 Å². The van der Waals surface area contributed by atoms with Crippen LogP contribution in [0.2, 0.25) is 0 Å². The Balaban J connectivity index is 1.73. The van der Waals surface area contributed by atoms with Crippen LogP contribution in [-0.4, -0.2) is 32.6 Å². The summed E-state index contributed by atoms with van der Waals surface area (Å²) in [6, 6.07) is 10.5. The molecule has 1 aliphatic rings. The van der Waals surface area contributed by atoms with Crippen molar-refractivity contribution in [2.45, 2.75) is 6.42 Å². The molecule has 0 spiro atoms. The van der Waals surface area contributed by atoms with Crippen LogP contribution in [0.25, 0.3) is 0 Å². The maximum Gasteiger partial charge on any atom is 0.262 e. The zero-order chi connectivity index (χ0) is 17.8. The van der Waals surface area contributed by atoms with E-state index in [4.69, 9.17) is 14.2 Å². The molecule has 2 N–H and O–H groups in total. The number of amides is 2. The van der Waals surface area contributed by atoms with E-state index in [0.29, 0.717) is 28.6 Å². The summed E-state index contributed by atoms with van der Waals surface area (Å²) in [5, 5.41) is 5.52. The highest BCUT2D eigenvalue weighted by Gasteiger charge is 2.20. The van der Waals surface area contributed by atoms with E-state index in [2.05, 4.69) is 10.6 Å². The molecule has 0 saturated carbocycles. The predicted molar refractivity (Wildman–Crippen MR) is 92.4 cm³/mol. The van der Waals surface area contributed by atoms with Gasteiger partial charge in [0.25, 0.3) is 5.91 Å². The minimum Gasteiger partial charge on any atom is -0.493 e. The first-order valence-electron chi connectivity index (χ1n) is 7.67. The lowest BCUT2D eigenvalue weighted by Crippen LogP contribution is -2.26. The first-order valence-corrected chi connectivity index (χ1v) is 7.67.